The molecule has 1 fully saturated rings. The van der Waals surface area contributed by atoms with E-state index in [1.165, 1.54) is 6.92 Å². The number of carbonyl (C=O) groups excluding carboxylic acids is 3. The number of ketones is 1. The summed E-state index contributed by atoms with van der Waals surface area (Å²) in [5, 5.41) is 0. The molecule has 0 aromatic heterocycles. The van der Waals surface area contributed by atoms with Crippen LogP contribution in [0.2, 0.25) is 0 Å². The first-order valence-electron chi connectivity index (χ1n) is 6.32. The van der Waals surface area contributed by atoms with E-state index >= 15 is 0 Å². The summed E-state index contributed by atoms with van der Waals surface area (Å²) in [7, 11) is 0. The Kier molecular flexibility index (Phi) is 4.87. The van der Waals surface area contributed by atoms with Crippen LogP contribution in [0.3, 0.4) is 0 Å². The fraction of sp³-hybridized carbons (Fsp3) is 0.769. The minimum Gasteiger partial charge on any atom is -0.465 e. The number of hydrogen-bond donors (Lipinski definition) is 0. The standard InChI is InChI=1S/C13H20O5/c1-4-17-11(15)13(3,12(16)18-5-2)9-6-7-10(14)8-9/h9H,4-8H2,1-3H3. The van der Waals surface area contributed by atoms with Gasteiger partial charge in [0.05, 0.1) is 13.2 Å². The number of ether oxygens (including phenoxy) is 2. The monoisotopic (exact) mass is 256 g/mol. The fourth-order valence-electron chi connectivity index (χ4n) is 2.29. The van der Waals surface area contributed by atoms with E-state index < -0.39 is 17.4 Å². The molecule has 0 heterocycles. The molecule has 0 aromatic carbocycles. The quantitative estimate of drug-likeness (QED) is 0.550. The Hall–Kier alpha value is -1.39. The van der Waals surface area contributed by atoms with Gasteiger partial charge >= 0.3 is 11.9 Å². The van der Waals surface area contributed by atoms with Crippen LogP contribution in [0.15, 0.2) is 0 Å². The maximum absolute atomic E-state index is 12.0. The van der Waals surface area contributed by atoms with E-state index in [9.17, 15) is 14.4 Å². The third kappa shape index (κ3) is 2.71. The Morgan fingerprint density at radius 2 is 1.72 bits per heavy atom. The molecule has 1 atom stereocenters. The minimum atomic E-state index is -1.36. The van der Waals surface area contributed by atoms with Crippen LogP contribution in [-0.2, 0) is 23.9 Å². The third-order valence-electron chi connectivity index (χ3n) is 3.46. The van der Waals surface area contributed by atoms with Gasteiger partial charge in [-0.25, -0.2) is 0 Å². The average Bonchev–Trinajstić information content (AvgIpc) is 2.75. The van der Waals surface area contributed by atoms with E-state index in [2.05, 4.69) is 0 Å². The normalized spacial score (nSPS) is 19.7. The van der Waals surface area contributed by atoms with Crippen LogP contribution in [0.1, 0.15) is 40.0 Å². The van der Waals surface area contributed by atoms with Gasteiger partial charge in [-0.2, -0.15) is 0 Å². The van der Waals surface area contributed by atoms with Crippen LogP contribution in [0.4, 0.5) is 0 Å². The molecule has 0 aliphatic heterocycles. The predicted molar refractivity (Wildman–Crippen MR) is 63.7 cm³/mol. The Labute approximate surface area is 107 Å². The molecule has 102 valence electrons. The molecule has 0 spiro atoms. The van der Waals surface area contributed by atoms with E-state index in [0.29, 0.717) is 12.8 Å². The first kappa shape index (κ1) is 14.7. The average molecular weight is 256 g/mol. The van der Waals surface area contributed by atoms with E-state index in [1.54, 1.807) is 13.8 Å². The Balaban J connectivity index is 2.96. The van der Waals surface area contributed by atoms with E-state index in [0.717, 1.165) is 0 Å². The molecule has 0 amide bonds. The van der Waals surface area contributed by atoms with E-state index in [1.807, 2.05) is 0 Å². The fourth-order valence-corrected chi connectivity index (χ4v) is 2.29. The zero-order valence-corrected chi connectivity index (χ0v) is 11.2. The molecule has 1 saturated carbocycles. The molecule has 0 saturated heterocycles. The number of Topliss-reactive ketones (excluding diaryl/α,β-unsaturated/α-hetero) is 1. The number of esters is 2. The topological polar surface area (TPSA) is 69.7 Å². The van der Waals surface area contributed by atoms with Gasteiger partial charge in [0.2, 0.25) is 0 Å². The molecule has 1 aliphatic carbocycles. The lowest BCUT2D eigenvalue weighted by atomic mass is 9.76. The molecule has 18 heavy (non-hydrogen) atoms. The van der Waals surface area contributed by atoms with Crippen molar-refractivity contribution >= 4 is 17.7 Å². The van der Waals surface area contributed by atoms with Crippen molar-refractivity contribution in [3.05, 3.63) is 0 Å². The Morgan fingerprint density at radius 1 is 1.22 bits per heavy atom. The number of hydrogen-bond acceptors (Lipinski definition) is 5. The van der Waals surface area contributed by atoms with Gasteiger partial charge in [0.25, 0.3) is 0 Å². The van der Waals surface area contributed by atoms with Gasteiger partial charge in [0, 0.05) is 12.8 Å². The Bertz CT molecular complexity index is 329. The number of rotatable bonds is 5. The maximum Gasteiger partial charge on any atom is 0.323 e. The van der Waals surface area contributed by atoms with Crippen LogP contribution in [0.5, 0.6) is 0 Å². The summed E-state index contributed by atoms with van der Waals surface area (Å²) in [6.07, 6.45) is 1.19. The van der Waals surface area contributed by atoms with Crippen molar-refractivity contribution in [2.45, 2.75) is 40.0 Å². The molecule has 1 aliphatic rings. The molecule has 5 heteroatoms. The van der Waals surface area contributed by atoms with Crippen molar-refractivity contribution in [1.29, 1.82) is 0 Å². The second-order valence-corrected chi connectivity index (χ2v) is 4.62. The van der Waals surface area contributed by atoms with Gasteiger partial charge < -0.3 is 9.47 Å². The van der Waals surface area contributed by atoms with Crippen molar-refractivity contribution < 1.29 is 23.9 Å². The predicted octanol–water partition coefficient (Wildman–Crippen LogP) is 1.49. The van der Waals surface area contributed by atoms with E-state index in [4.69, 9.17) is 9.47 Å². The first-order chi connectivity index (χ1) is 8.46. The highest BCUT2D eigenvalue weighted by atomic mass is 16.6. The van der Waals surface area contributed by atoms with Crippen LogP contribution in [0.25, 0.3) is 0 Å². The van der Waals surface area contributed by atoms with E-state index in [-0.39, 0.29) is 31.3 Å². The van der Waals surface area contributed by atoms with Gasteiger partial charge in [0.15, 0.2) is 5.41 Å². The van der Waals surface area contributed by atoms with Crippen LogP contribution >= 0.6 is 0 Å². The molecular weight excluding hydrogens is 236 g/mol. The first-order valence-corrected chi connectivity index (χ1v) is 6.32. The summed E-state index contributed by atoms with van der Waals surface area (Å²) < 4.78 is 9.94. The molecule has 5 nitrogen and oxygen atoms in total. The highest BCUT2D eigenvalue weighted by Crippen LogP contribution is 2.40. The van der Waals surface area contributed by atoms with Gasteiger partial charge in [0.1, 0.15) is 5.78 Å². The van der Waals surface area contributed by atoms with Crippen molar-refractivity contribution in [2.75, 3.05) is 13.2 Å². The van der Waals surface area contributed by atoms with Crippen LogP contribution in [0, 0.1) is 11.3 Å². The van der Waals surface area contributed by atoms with Gasteiger partial charge in [-0.3, -0.25) is 14.4 Å². The largest absolute Gasteiger partial charge is 0.465 e. The SMILES string of the molecule is CCOC(=O)C(C)(C(=O)OCC)C1CCC(=O)C1. The summed E-state index contributed by atoms with van der Waals surface area (Å²) in [4.78, 5) is 35.4. The highest BCUT2D eigenvalue weighted by Gasteiger charge is 2.52. The molecule has 0 radical (unpaired) electrons. The van der Waals surface area contributed by atoms with Crippen molar-refractivity contribution in [3.8, 4) is 0 Å². The smallest absolute Gasteiger partial charge is 0.323 e. The lowest BCUT2D eigenvalue weighted by molar-refractivity contribution is -0.175. The highest BCUT2D eigenvalue weighted by molar-refractivity contribution is 6.01. The van der Waals surface area contributed by atoms with Gasteiger partial charge in [-0.05, 0) is 33.1 Å². The molecule has 1 rings (SSSR count). The minimum absolute atomic E-state index is 0.0832. The summed E-state index contributed by atoms with van der Waals surface area (Å²) in [6.45, 7) is 5.29. The van der Waals surface area contributed by atoms with Gasteiger partial charge in [-0.1, -0.05) is 0 Å². The molecule has 0 aromatic rings. The van der Waals surface area contributed by atoms with Crippen LogP contribution < -0.4 is 0 Å². The van der Waals surface area contributed by atoms with Gasteiger partial charge in [-0.15, -0.1) is 0 Å². The lowest BCUT2D eigenvalue weighted by Crippen LogP contribution is -2.44. The zero-order valence-electron chi connectivity index (χ0n) is 11.2. The zero-order chi connectivity index (χ0) is 13.8. The number of carbonyl (C=O) groups is 3. The second-order valence-electron chi connectivity index (χ2n) is 4.62. The lowest BCUT2D eigenvalue weighted by Gasteiger charge is -2.30. The van der Waals surface area contributed by atoms with Crippen LogP contribution in [-0.4, -0.2) is 30.9 Å². The van der Waals surface area contributed by atoms with Crippen molar-refractivity contribution in [3.63, 3.8) is 0 Å². The molecule has 0 N–H and O–H groups in total. The van der Waals surface area contributed by atoms with Crippen molar-refractivity contribution in [1.82, 2.24) is 0 Å². The summed E-state index contributed by atoms with van der Waals surface area (Å²) in [6, 6.07) is 0. The summed E-state index contributed by atoms with van der Waals surface area (Å²) in [5.41, 5.74) is -1.36. The van der Waals surface area contributed by atoms with Crippen molar-refractivity contribution in [2.24, 2.45) is 11.3 Å². The Morgan fingerprint density at radius 3 is 2.06 bits per heavy atom. The maximum atomic E-state index is 12.0. The summed E-state index contributed by atoms with van der Waals surface area (Å²) in [5.74, 6) is -1.42. The molecular formula is C13H20O5. The second kappa shape index (κ2) is 5.98. The molecule has 1 unspecified atom stereocenters. The molecule has 0 bridgehead atoms. The third-order valence-corrected chi connectivity index (χ3v) is 3.46. The summed E-state index contributed by atoms with van der Waals surface area (Å²) >= 11 is 0.